The number of carbonyl (C=O) groups is 3. The molecule has 1 aliphatic heterocycles. The van der Waals surface area contributed by atoms with Gasteiger partial charge in [-0.05, 0) is 41.3 Å². The van der Waals surface area contributed by atoms with Gasteiger partial charge in [0, 0.05) is 16.3 Å². The van der Waals surface area contributed by atoms with Crippen molar-refractivity contribution in [3.05, 3.63) is 101 Å². The number of hydrogen-bond donors (Lipinski definition) is 0. The van der Waals surface area contributed by atoms with Crippen LogP contribution in [0.3, 0.4) is 0 Å². The van der Waals surface area contributed by atoms with Gasteiger partial charge in [0.25, 0.3) is 5.91 Å². The first-order valence-electron chi connectivity index (χ1n) is 10.2. The van der Waals surface area contributed by atoms with E-state index in [1.54, 1.807) is 60.7 Å². The molecule has 2 atom stereocenters. The third-order valence-electron chi connectivity index (χ3n) is 5.67. The number of benzene rings is 3. The standard InChI is InChI=1S/C26H22ClNO3/c1-16(2)19-9-6-10-21(15-19)28-23(17-11-13-20(27)14-12-17)22(25(30)26(28)31)24(29)18-7-4-3-5-8-18/h3-16,22-23H,1-2H3. The van der Waals surface area contributed by atoms with E-state index in [1.807, 2.05) is 18.2 Å². The van der Waals surface area contributed by atoms with Gasteiger partial charge in [0.2, 0.25) is 5.78 Å². The molecule has 3 aromatic rings. The Morgan fingerprint density at radius 3 is 2.23 bits per heavy atom. The Hall–Kier alpha value is -3.24. The fourth-order valence-corrected chi connectivity index (χ4v) is 4.15. The van der Waals surface area contributed by atoms with E-state index >= 15 is 0 Å². The van der Waals surface area contributed by atoms with Crippen LogP contribution in [0.5, 0.6) is 0 Å². The van der Waals surface area contributed by atoms with E-state index in [2.05, 4.69) is 13.8 Å². The van der Waals surface area contributed by atoms with Crippen LogP contribution in [0.2, 0.25) is 5.02 Å². The maximum atomic E-state index is 13.4. The molecule has 0 aromatic heterocycles. The summed E-state index contributed by atoms with van der Waals surface area (Å²) in [6.45, 7) is 4.13. The number of halogens is 1. The first-order chi connectivity index (χ1) is 14.9. The van der Waals surface area contributed by atoms with Gasteiger partial charge in [-0.25, -0.2) is 0 Å². The maximum absolute atomic E-state index is 13.4. The van der Waals surface area contributed by atoms with E-state index in [4.69, 9.17) is 11.6 Å². The van der Waals surface area contributed by atoms with Crippen molar-refractivity contribution in [2.45, 2.75) is 25.8 Å². The summed E-state index contributed by atoms with van der Waals surface area (Å²) >= 11 is 6.07. The first-order valence-corrected chi connectivity index (χ1v) is 10.6. The summed E-state index contributed by atoms with van der Waals surface area (Å²) in [5, 5.41) is 0.540. The lowest BCUT2D eigenvalue weighted by atomic mass is 9.86. The van der Waals surface area contributed by atoms with Crippen LogP contribution >= 0.6 is 11.6 Å². The van der Waals surface area contributed by atoms with Crippen molar-refractivity contribution in [2.75, 3.05) is 4.90 Å². The average molecular weight is 432 g/mol. The number of anilines is 1. The zero-order valence-corrected chi connectivity index (χ0v) is 18.0. The number of nitrogens with zero attached hydrogens (tertiary/aromatic N) is 1. The van der Waals surface area contributed by atoms with E-state index in [0.717, 1.165) is 5.56 Å². The van der Waals surface area contributed by atoms with Crippen LogP contribution in [-0.4, -0.2) is 17.5 Å². The van der Waals surface area contributed by atoms with E-state index in [-0.39, 0.29) is 11.7 Å². The predicted octanol–water partition coefficient (Wildman–Crippen LogP) is 5.62. The molecule has 0 saturated carbocycles. The number of carbonyl (C=O) groups excluding carboxylic acids is 3. The van der Waals surface area contributed by atoms with Crippen molar-refractivity contribution in [1.29, 1.82) is 0 Å². The Morgan fingerprint density at radius 2 is 1.58 bits per heavy atom. The number of ketones is 2. The summed E-state index contributed by atoms with van der Waals surface area (Å²) in [5.74, 6) is -2.59. The fourth-order valence-electron chi connectivity index (χ4n) is 4.03. The molecule has 1 aliphatic rings. The molecule has 0 bridgehead atoms. The molecule has 0 radical (unpaired) electrons. The summed E-state index contributed by atoms with van der Waals surface area (Å²) < 4.78 is 0. The highest BCUT2D eigenvalue weighted by atomic mass is 35.5. The number of Topliss-reactive ketones (excluding diaryl/α,β-unsaturated/α-hetero) is 2. The molecular formula is C26H22ClNO3. The summed E-state index contributed by atoms with van der Waals surface area (Å²) in [6.07, 6.45) is 0. The van der Waals surface area contributed by atoms with E-state index in [9.17, 15) is 14.4 Å². The summed E-state index contributed by atoms with van der Waals surface area (Å²) in [7, 11) is 0. The maximum Gasteiger partial charge on any atom is 0.295 e. The van der Waals surface area contributed by atoms with Crippen molar-refractivity contribution >= 4 is 34.8 Å². The highest BCUT2D eigenvalue weighted by Gasteiger charge is 2.52. The van der Waals surface area contributed by atoms with Gasteiger partial charge in [-0.1, -0.05) is 80.0 Å². The third-order valence-corrected chi connectivity index (χ3v) is 5.93. The molecular weight excluding hydrogens is 410 g/mol. The highest BCUT2D eigenvalue weighted by molar-refractivity contribution is 6.49. The van der Waals surface area contributed by atoms with Crippen LogP contribution in [0.25, 0.3) is 0 Å². The Labute approximate surface area is 186 Å². The molecule has 2 unspecified atom stereocenters. The summed E-state index contributed by atoms with van der Waals surface area (Å²) in [5.41, 5.74) is 2.75. The van der Waals surface area contributed by atoms with Crippen molar-refractivity contribution in [3.63, 3.8) is 0 Å². The van der Waals surface area contributed by atoms with Crippen LogP contribution in [0.4, 0.5) is 5.69 Å². The summed E-state index contributed by atoms with van der Waals surface area (Å²) in [4.78, 5) is 41.2. The van der Waals surface area contributed by atoms with Crippen LogP contribution in [-0.2, 0) is 9.59 Å². The quantitative estimate of drug-likeness (QED) is 0.299. The van der Waals surface area contributed by atoms with Crippen molar-refractivity contribution in [1.82, 2.24) is 0 Å². The molecule has 0 N–H and O–H groups in total. The summed E-state index contributed by atoms with van der Waals surface area (Å²) in [6, 6.07) is 22.4. The van der Waals surface area contributed by atoms with Crippen LogP contribution < -0.4 is 4.90 Å². The van der Waals surface area contributed by atoms with Gasteiger partial charge >= 0.3 is 0 Å². The molecule has 1 heterocycles. The van der Waals surface area contributed by atoms with Gasteiger partial charge < -0.3 is 0 Å². The minimum absolute atomic E-state index is 0.254. The topological polar surface area (TPSA) is 54.5 Å². The molecule has 1 saturated heterocycles. The lowest BCUT2D eigenvalue weighted by molar-refractivity contribution is -0.135. The van der Waals surface area contributed by atoms with Crippen LogP contribution in [0.1, 0.15) is 47.3 Å². The van der Waals surface area contributed by atoms with Gasteiger partial charge in [-0.3, -0.25) is 19.3 Å². The Morgan fingerprint density at radius 1 is 0.903 bits per heavy atom. The lowest BCUT2D eigenvalue weighted by Crippen LogP contribution is -2.30. The van der Waals surface area contributed by atoms with Crippen molar-refractivity contribution < 1.29 is 14.4 Å². The second-order valence-corrected chi connectivity index (χ2v) is 8.43. The van der Waals surface area contributed by atoms with Gasteiger partial charge in [0.05, 0.1) is 6.04 Å². The van der Waals surface area contributed by atoms with Gasteiger partial charge in [0.15, 0.2) is 5.78 Å². The van der Waals surface area contributed by atoms with Crippen molar-refractivity contribution in [2.24, 2.45) is 5.92 Å². The Bertz CT molecular complexity index is 1140. The first kappa shape index (κ1) is 21.0. The highest BCUT2D eigenvalue weighted by Crippen LogP contribution is 2.42. The Balaban J connectivity index is 1.86. The van der Waals surface area contributed by atoms with Gasteiger partial charge in [0.1, 0.15) is 5.92 Å². The third kappa shape index (κ3) is 3.91. The lowest BCUT2D eigenvalue weighted by Gasteiger charge is -2.28. The molecule has 31 heavy (non-hydrogen) atoms. The van der Waals surface area contributed by atoms with E-state index in [0.29, 0.717) is 21.8 Å². The monoisotopic (exact) mass is 431 g/mol. The minimum atomic E-state index is -1.13. The van der Waals surface area contributed by atoms with Gasteiger partial charge in [-0.2, -0.15) is 0 Å². The molecule has 1 amide bonds. The molecule has 5 heteroatoms. The molecule has 3 aromatic carbocycles. The number of hydrogen-bond acceptors (Lipinski definition) is 3. The second kappa shape index (κ2) is 8.48. The smallest absolute Gasteiger partial charge is 0.295 e. The molecule has 156 valence electrons. The normalized spacial score (nSPS) is 18.6. The van der Waals surface area contributed by atoms with Gasteiger partial charge in [-0.15, -0.1) is 0 Å². The van der Waals surface area contributed by atoms with E-state index < -0.39 is 23.7 Å². The molecule has 1 fully saturated rings. The minimum Gasteiger partial charge on any atom is -0.297 e. The van der Waals surface area contributed by atoms with Crippen LogP contribution in [0, 0.1) is 5.92 Å². The molecule has 4 rings (SSSR count). The van der Waals surface area contributed by atoms with E-state index in [1.165, 1.54) is 4.90 Å². The number of amides is 1. The molecule has 0 spiro atoms. The second-order valence-electron chi connectivity index (χ2n) is 7.99. The molecule has 4 nitrogen and oxygen atoms in total. The average Bonchev–Trinajstić information content (AvgIpc) is 3.05. The zero-order chi connectivity index (χ0) is 22.1. The Kier molecular flexibility index (Phi) is 5.75. The van der Waals surface area contributed by atoms with Crippen molar-refractivity contribution in [3.8, 4) is 0 Å². The predicted molar refractivity (Wildman–Crippen MR) is 121 cm³/mol. The fraction of sp³-hybridized carbons (Fsp3) is 0.192. The number of rotatable bonds is 5. The molecule has 0 aliphatic carbocycles. The SMILES string of the molecule is CC(C)c1cccc(N2C(=O)C(=O)C(C(=O)c3ccccc3)C2c2ccc(Cl)cc2)c1. The largest absolute Gasteiger partial charge is 0.297 e. The zero-order valence-electron chi connectivity index (χ0n) is 17.3. The van der Waals surface area contributed by atoms with Crippen LogP contribution in [0.15, 0.2) is 78.9 Å².